The van der Waals surface area contributed by atoms with Gasteiger partial charge in [0.25, 0.3) is 0 Å². The van der Waals surface area contributed by atoms with E-state index in [1.54, 1.807) is 0 Å². The number of aliphatic hydroxyl groups is 1. The van der Waals surface area contributed by atoms with E-state index in [1.165, 1.54) is 0 Å². The number of rotatable bonds is 5. The van der Waals surface area contributed by atoms with Gasteiger partial charge < -0.3 is 9.67 Å². The third-order valence-electron chi connectivity index (χ3n) is 2.12. The number of aliphatic hydroxyl groups excluding tert-OH is 1. The highest BCUT2D eigenvalue weighted by molar-refractivity contribution is 5.78. The molecule has 1 aromatic heterocycles. The summed E-state index contributed by atoms with van der Waals surface area (Å²) < 4.78 is 1.96. The molecule has 1 aromatic rings. The topological polar surface area (TPSA) is 55.1 Å². The molecule has 0 fully saturated rings. The Kier molecular flexibility index (Phi) is 3.83. The van der Waals surface area contributed by atoms with Crippen molar-refractivity contribution in [1.29, 1.82) is 0 Å². The first-order valence-corrected chi connectivity index (χ1v) is 4.76. The molecule has 1 N–H and O–H groups in total. The fourth-order valence-electron chi connectivity index (χ4n) is 1.39. The molecule has 0 amide bonds. The molecule has 14 heavy (non-hydrogen) atoms. The number of ketones is 1. The van der Waals surface area contributed by atoms with Crippen LogP contribution in [0.5, 0.6) is 0 Å². The SMILES string of the molecule is Cc1cn(CCC(=O)CCO)c(C)n1. The van der Waals surface area contributed by atoms with E-state index in [0.29, 0.717) is 13.0 Å². The Labute approximate surface area is 83.6 Å². The van der Waals surface area contributed by atoms with Crippen LogP contribution in [0.15, 0.2) is 6.20 Å². The predicted octanol–water partition coefficient (Wildman–Crippen LogP) is 0.842. The first-order chi connectivity index (χ1) is 6.63. The van der Waals surface area contributed by atoms with Crippen molar-refractivity contribution in [1.82, 2.24) is 9.55 Å². The number of imidazole rings is 1. The molecular formula is C10H16N2O2. The number of aryl methyl sites for hydroxylation is 3. The van der Waals surface area contributed by atoms with Gasteiger partial charge in [-0.05, 0) is 13.8 Å². The Balaban J connectivity index is 2.45. The van der Waals surface area contributed by atoms with Gasteiger partial charge >= 0.3 is 0 Å². The minimum absolute atomic E-state index is 0.0548. The van der Waals surface area contributed by atoms with Gasteiger partial charge in [-0.15, -0.1) is 0 Å². The molecule has 0 unspecified atom stereocenters. The fraction of sp³-hybridized carbons (Fsp3) is 0.600. The summed E-state index contributed by atoms with van der Waals surface area (Å²) in [5.74, 6) is 1.03. The van der Waals surface area contributed by atoms with Gasteiger partial charge in [0.1, 0.15) is 11.6 Å². The van der Waals surface area contributed by atoms with Crippen LogP contribution in [0.1, 0.15) is 24.4 Å². The maximum absolute atomic E-state index is 11.1. The lowest BCUT2D eigenvalue weighted by molar-refractivity contribution is -0.119. The van der Waals surface area contributed by atoms with Crippen LogP contribution in [-0.2, 0) is 11.3 Å². The van der Waals surface area contributed by atoms with Crippen LogP contribution >= 0.6 is 0 Å². The molecule has 1 rings (SSSR count). The highest BCUT2D eigenvalue weighted by atomic mass is 16.3. The van der Waals surface area contributed by atoms with Crippen LogP contribution in [0.2, 0.25) is 0 Å². The van der Waals surface area contributed by atoms with Crippen molar-refractivity contribution in [2.45, 2.75) is 33.2 Å². The minimum atomic E-state index is -0.0548. The standard InChI is InChI=1S/C10H16N2O2/c1-8-7-12(9(2)11-8)5-3-10(14)4-6-13/h7,13H,3-6H2,1-2H3. The monoisotopic (exact) mass is 196 g/mol. The number of hydrogen-bond acceptors (Lipinski definition) is 3. The molecule has 0 aliphatic heterocycles. The fourth-order valence-corrected chi connectivity index (χ4v) is 1.39. The summed E-state index contributed by atoms with van der Waals surface area (Å²) in [4.78, 5) is 15.4. The minimum Gasteiger partial charge on any atom is -0.396 e. The second-order valence-corrected chi connectivity index (χ2v) is 3.39. The van der Waals surface area contributed by atoms with Gasteiger partial charge in [-0.25, -0.2) is 4.98 Å². The number of aromatic nitrogens is 2. The number of carbonyl (C=O) groups is 1. The van der Waals surface area contributed by atoms with E-state index in [4.69, 9.17) is 5.11 Å². The van der Waals surface area contributed by atoms with Crippen LogP contribution in [0, 0.1) is 13.8 Å². The Bertz CT molecular complexity index is 318. The van der Waals surface area contributed by atoms with Crippen LogP contribution in [0.4, 0.5) is 0 Å². The molecule has 4 nitrogen and oxygen atoms in total. The second kappa shape index (κ2) is 4.91. The molecule has 0 atom stereocenters. The molecule has 0 radical (unpaired) electrons. The van der Waals surface area contributed by atoms with Crippen molar-refractivity contribution in [3.63, 3.8) is 0 Å². The summed E-state index contributed by atoms with van der Waals surface area (Å²) >= 11 is 0. The molecule has 0 bridgehead atoms. The number of nitrogens with zero attached hydrogens (tertiary/aromatic N) is 2. The maximum atomic E-state index is 11.1. The van der Waals surface area contributed by atoms with E-state index in [2.05, 4.69) is 4.98 Å². The van der Waals surface area contributed by atoms with E-state index in [-0.39, 0.29) is 18.8 Å². The third kappa shape index (κ3) is 2.96. The highest BCUT2D eigenvalue weighted by Gasteiger charge is 2.04. The smallest absolute Gasteiger partial charge is 0.136 e. The molecule has 78 valence electrons. The zero-order valence-corrected chi connectivity index (χ0v) is 8.66. The first-order valence-electron chi connectivity index (χ1n) is 4.76. The largest absolute Gasteiger partial charge is 0.396 e. The Hall–Kier alpha value is -1.16. The number of hydrogen-bond donors (Lipinski definition) is 1. The summed E-state index contributed by atoms with van der Waals surface area (Å²) in [6, 6.07) is 0. The van der Waals surface area contributed by atoms with Gasteiger partial charge in [0.15, 0.2) is 0 Å². The normalized spacial score (nSPS) is 10.5. The van der Waals surface area contributed by atoms with Crippen LogP contribution in [-0.4, -0.2) is 27.0 Å². The van der Waals surface area contributed by atoms with E-state index in [0.717, 1.165) is 11.5 Å². The molecular weight excluding hydrogens is 180 g/mol. The van der Waals surface area contributed by atoms with Crippen molar-refractivity contribution in [3.05, 3.63) is 17.7 Å². The van der Waals surface area contributed by atoms with Crippen molar-refractivity contribution < 1.29 is 9.90 Å². The molecule has 0 aliphatic rings. The van der Waals surface area contributed by atoms with Gasteiger partial charge in [-0.2, -0.15) is 0 Å². The van der Waals surface area contributed by atoms with Gasteiger partial charge in [0.2, 0.25) is 0 Å². The van der Waals surface area contributed by atoms with Crippen molar-refractivity contribution >= 4 is 5.78 Å². The second-order valence-electron chi connectivity index (χ2n) is 3.39. The number of Topliss-reactive ketones (excluding diaryl/α,β-unsaturated/α-hetero) is 1. The quantitative estimate of drug-likeness (QED) is 0.759. The lowest BCUT2D eigenvalue weighted by atomic mass is 10.2. The lowest BCUT2D eigenvalue weighted by Gasteiger charge is -2.02. The Morgan fingerprint density at radius 3 is 2.71 bits per heavy atom. The molecule has 0 spiro atoms. The molecule has 4 heteroatoms. The summed E-state index contributed by atoms with van der Waals surface area (Å²) in [5.41, 5.74) is 0.970. The van der Waals surface area contributed by atoms with Crippen LogP contribution in [0.3, 0.4) is 0 Å². The summed E-state index contributed by atoms with van der Waals surface area (Å²) in [6.45, 7) is 4.45. The zero-order chi connectivity index (χ0) is 10.6. The first kappa shape index (κ1) is 10.9. The van der Waals surface area contributed by atoms with Crippen molar-refractivity contribution in [2.24, 2.45) is 0 Å². The highest BCUT2D eigenvalue weighted by Crippen LogP contribution is 2.03. The maximum Gasteiger partial charge on any atom is 0.136 e. The van der Waals surface area contributed by atoms with E-state index >= 15 is 0 Å². The Morgan fingerprint density at radius 2 is 2.21 bits per heavy atom. The molecule has 0 aliphatic carbocycles. The van der Waals surface area contributed by atoms with Crippen molar-refractivity contribution in [2.75, 3.05) is 6.61 Å². The van der Waals surface area contributed by atoms with Gasteiger partial charge in [-0.1, -0.05) is 0 Å². The zero-order valence-electron chi connectivity index (χ0n) is 8.66. The van der Waals surface area contributed by atoms with E-state index < -0.39 is 0 Å². The predicted molar refractivity (Wildman–Crippen MR) is 53.0 cm³/mol. The van der Waals surface area contributed by atoms with Crippen molar-refractivity contribution in [3.8, 4) is 0 Å². The molecule has 0 aromatic carbocycles. The molecule has 1 heterocycles. The third-order valence-corrected chi connectivity index (χ3v) is 2.12. The van der Waals surface area contributed by atoms with Crippen LogP contribution < -0.4 is 0 Å². The summed E-state index contributed by atoms with van der Waals surface area (Å²) in [6.07, 6.45) is 2.66. The summed E-state index contributed by atoms with van der Waals surface area (Å²) in [5, 5.41) is 8.55. The average molecular weight is 196 g/mol. The molecule has 0 saturated heterocycles. The number of carbonyl (C=O) groups excluding carboxylic acids is 1. The summed E-state index contributed by atoms with van der Waals surface area (Å²) in [7, 11) is 0. The van der Waals surface area contributed by atoms with Gasteiger partial charge in [-0.3, -0.25) is 4.79 Å². The average Bonchev–Trinajstić information content (AvgIpc) is 2.42. The lowest BCUT2D eigenvalue weighted by Crippen LogP contribution is -2.07. The van der Waals surface area contributed by atoms with Crippen LogP contribution in [0.25, 0.3) is 0 Å². The molecule has 0 saturated carbocycles. The van der Waals surface area contributed by atoms with Gasteiger partial charge in [0, 0.05) is 32.2 Å². The Morgan fingerprint density at radius 1 is 1.50 bits per heavy atom. The van der Waals surface area contributed by atoms with E-state index in [9.17, 15) is 4.79 Å². The van der Waals surface area contributed by atoms with E-state index in [1.807, 2.05) is 24.6 Å². The van der Waals surface area contributed by atoms with Gasteiger partial charge in [0.05, 0.1) is 5.69 Å².